The first-order chi connectivity index (χ1) is 21.4. The quantitative estimate of drug-likeness (QED) is 0.161. The van der Waals surface area contributed by atoms with Gasteiger partial charge in [-0.1, -0.05) is 53.2 Å². The van der Waals surface area contributed by atoms with E-state index in [4.69, 9.17) is 9.47 Å². The van der Waals surface area contributed by atoms with E-state index in [-0.39, 0.29) is 41.3 Å². The van der Waals surface area contributed by atoms with Crippen LogP contribution in [-0.2, 0) is 9.47 Å². The fourth-order valence-corrected chi connectivity index (χ4v) is 12.3. The summed E-state index contributed by atoms with van der Waals surface area (Å²) in [5.41, 5.74) is -1.09. The SMILES string of the molecule is CC1(C)C[C@@H]2C3=CC[C@@H]4[C@@]5(C)CC[C@H](O)[C@@](C)(CO)[C@@H]5CC[C@@]4(C)[C@]3(C)C[C@H](O)[C@@]2(CO)C[C@@H]1O[C@@H]1O[C@H](CO)[C@@H](O)[C@H](O)[C@H]1O. The molecule has 4 saturated carbocycles. The standard InChI is InChI=1S/C36H60O10/c1-31(2)13-20-19-7-8-23-32(3)11-10-24(40)33(4,17-38)22(32)9-12-34(23,5)35(19,6)14-25(41)36(20,18-39)15-26(31)46-30-29(44)28(43)27(42)21(16-37)45-30/h7,20-30,37-44H,8-18H2,1-6H3/t20-,21-,22-,23-,24+,25+,26+,27-,28+,29-,30+,32+,33+,34-,35-,36-/m1/s1. The van der Waals surface area contributed by atoms with E-state index in [1.807, 2.05) is 0 Å². The lowest BCUT2D eigenvalue weighted by Crippen LogP contribution is -2.68. The maximum absolute atomic E-state index is 12.2. The van der Waals surface area contributed by atoms with Crippen molar-refractivity contribution >= 4 is 0 Å². The Morgan fingerprint density at radius 3 is 2.11 bits per heavy atom. The molecule has 0 aromatic rings. The zero-order chi connectivity index (χ0) is 33.8. The molecular weight excluding hydrogens is 592 g/mol. The molecule has 1 aliphatic heterocycles. The maximum Gasteiger partial charge on any atom is 0.186 e. The van der Waals surface area contributed by atoms with Gasteiger partial charge in [-0.05, 0) is 90.8 Å². The van der Waals surface area contributed by atoms with Gasteiger partial charge in [0, 0.05) is 10.8 Å². The number of aliphatic hydroxyl groups is 8. The van der Waals surface area contributed by atoms with Crippen molar-refractivity contribution in [3.05, 3.63) is 11.6 Å². The smallest absolute Gasteiger partial charge is 0.186 e. The Kier molecular flexibility index (Phi) is 8.74. The predicted octanol–water partition coefficient (Wildman–Crippen LogP) is 1.88. The van der Waals surface area contributed by atoms with Crippen LogP contribution in [0.5, 0.6) is 0 Å². The van der Waals surface area contributed by atoms with E-state index in [0.717, 1.165) is 25.7 Å². The first-order valence-corrected chi connectivity index (χ1v) is 17.6. The summed E-state index contributed by atoms with van der Waals surface area (Å²) in [6, 6.07) is 0. The predicted molar refractivity (Wildman–Crippen MR) is 169 cm³/mol. The van der Waals surface area contributed by atoms with E-state index in [2.05, 4.69) is 47.6 Å². The topological polar surface area (TPSA) is 180 Å². The molecule has 10 nitrogen and oxygen atoms in total. The molecule has 0 spiro atoms. The number of aliphatic hydroxyl groups excluding tert-OH is 8. The fraction of sp³-hybridized carbons (Fsp3) is 0.944. The van der Waals surface area contributed by atoms with Crippen molar-refractivity contribution in [3.63, 3.8) is 0 Å². The van der Waals surface area contributed by atoms with Crippen molar-refractivity contribution in [2.75, 3.05) is 19.8 Å². The average molecular weight is 653 g/mol. The van der Waals surface area contributed by atoms with E-state index in [9.17, 15) is 40.9 Å². The van der Waals surface area contributed by atoms with Gasteiger partial charge in [0.2, 0.25) is 0 Å². The fourth-order valence-electron chi connectivity index (χ4n) is 12.3. The van der Waals surface area contributed by atoms with E-state index in [1.165, 1.54) is 5.57 Å². The summed E-state index contributed by atoms with van der Waals surface area (Å²) in [5.74, 6) is 0.415. The molecule has 5 fully saturated rings. The minimum atomic E-state index is -1.55. The molecule has 1 saturated heterocycles. The molecule has 0 aromatic carbocycles. The van der Waals surface area contributed by atoms with Gasteiger partial charge in [-0.15, -0.1) is 0 Å². The first kappa shape index (κ1) is 35.2. The summed E-state index contributed by atoms with van der Waals surface area (Å²) in [5, 5.41) is 86.1. The van der Waals surface area contributed by atoms with Crippen LogP contribution < -0.4 is 0 Å². The zero-order valence-corrected chi connectivity index (χ0v) is 28.6. The molecule has 6 aliphatic rings. The largest absolute Gasteiger partial charge is 0.396 e. The minimum absolute atomic E-state index is 0.0303. The molecule has 6 rings (SSSR count). The molecule has 8 N–H and O–H groups in total. The van der Waals surface area contributed by atoms with Gasteiger partial charge in [0.1, 0.15) is 24.4 Å². The van der Waals surface area contributed by atoms with Crippen LogP contribution in [0.25, 0.3) is 0 Å². The van der Waals surface area contributed by atoms with Crippen LogP contribution in [0.3, 0.4) is 0 Å². The molecule has 0 radical (unpaired) electrons. The molecule has 0 unspecified atom stereocenters. The Hall–Kier alpha value is -0.660. The van der Waals surface area contributed by atoms with Crippen LogP contribution in [0.1, 0.15) is 92.9 Å². The first-order valence-electron chi connectivity index (χ1n) is 17.6. The molecular formula is C36H60O10. The van der Waals surface area contributed by atoms with Crippen LogP contribution in [0.15, 0.2) is 11.6 Å². The summed E-state index contributed by atoms with van der Waals surface area (Å²) in [7, 11) is 0. The Balaban J connectivity index is 1.34. The number of hydrogen-bond acceptors (Lipinski definition) is 10. The number of rotatable bonds is 5. The van der Waals surface area contributed by atoms with Crippen molar-refractivity contribution in [3.8, 4) is 0 Å². The minimum Gasteiger partial charge on any atom is -0.396 e. The Bertz CT molecular complexity index is 1190. The number of fused-ring (bicyclic) bond motifs is 7. The van der Waals surface area contributed by atoms with Crippen LogP contribution >= 0.6 is 0 Å². The molecule has 0 amide bonds. The summed E-state index contributed by atoms with van der Waals surface area (Å²) in [4.78, 5) is 0. The van der Waals surface area contributed by atoms with E-state index >= 15 is 0 Å². The highest BCUT2D eigenvalue weighted by molar-refractivity contribution is 5.35. The van der Waals surface area contributed by atoms with Crippen LogP contribution in [0.2, 0.25) is 0 Å². The van der Waals surface area contributed by atoms with Crippen LogP contribution in [0, 0.1) is 50.2 Å². The van der Waals surface area contributed by atoms with E-state index < -0.39 is 71.9 Å². The van der Waals surface area contributed by atoms with Gasteiger partial charge < -0.3 is 50.3 Å². The van der Waals surface area contributed by atoms with Crippen LogP contribution in [-0.4, -0.2) is 110 Å². The molecule has 1 heterocycles. The van der Waals surface area contributed by atoms with Crippen molar-refractivity contribution in [2.24, 2.45) is 50.2 Å². The highest BCUT2D eigenvalue weighted by atomic mass is 16.7. The molecule has 46 heavy (non-hydrogen) atoms. The lowest BCUT2D eigenvalue weighted by molar-refractivity contribution is -0.329. The van der Waals surface area contributed by atoms with Gasteiger partial charge in [0.15, 0.2) is 6.29 Å². The van der Waals surface area contributed by atoms with Gasteiger partial charge in [-0.2, -0.15) is 0 Å². The second-order valence-corrected chi connectivity index (χ2v) is 17.9. The number of ether oxygens (including phenoxy) is 2. The molecule has 5 aliphatic carbocycles. The van der Waals surface area contributed by atoms with Gasteiger partial charge in [-0.25, -0.2) is 0 Å². The Morgan fingerprint density at radius 1 is 0.783 bits per heavy atom. The second-order valence-electron chi connectivity index (χ2n) is 17.9. The van der Waals surface area contributed by atoms with Crippen molar-refractivity contribution < 1.29 is 50.3 Å². The second kappa shape index (κ2) is 11.4. The molecule has 0 bridgehead atoms. The van der Waals surface area contributed by atoms with Crippen molar-refractivity contribution in [2.45, 2.75) is 142 Å². The lowest BCUT2D eigenvalue weighted by Gasteiger charge is -2.72. The summed E-state index contributed by atoms with van der Waals surface area (Å²) in [6.07, 6.45) is -0.672. The third-order valence-electron chi connectivity index (χ3n) is 15.6. The lowest BCUT2D eigenvalue weighted by atomic mass is 9.33. The normalized spacial score (nSPS) is 56.6. The summed E-state index contributed by atoms with van der Waals surface area (Å²) >= 11 is 0. The van der Waals surface area contributed by atoms with Gasteiger partial charge in [0.05, 0.1) is 38.1 Å². The van der Waals surface area contributed by atoms with Gasteiger partial charge >= 0.3 is 0 Å². The molecule has 10 heteroatoms. The number of hydrogen-bond donors (Lipinski definition) is 8. The monoisotopic (exact) mass is 652 g/mol. The van der Waals surface area contributed by atoms with Crippen molar-refractivity contribution in [1.82, 2.24) is 0 Å². The van der Waals surface area contributed by atoms with Gasteiger partial charge in [0.25, 0.3) is 0 Å². The molecule has 264 valence electrons. The third-order valence-corrected chi connectivity index (χ3v) is 15.6. The van der Waals surface area contributed by atoms with Crippen molar-refractivity contribution in [1.29, 1.82) is 0 Å². The van der Waals surface area contributed by atoms with Crippen LogP contribution in [0.4, 0.5) is 0 Å². The average Bonchev–Trinajstić information content (AvgIpc) is 3.00. The highest BCUT2D eigenvalue weighted by Crippen LogP contribution is 2.75. The highest BCUT2D eigenvalue weighted by Gasteiger charge is 2.71. The maximum atomic E-state index is 12.2. The summed E-state index contributed by atoms with van der Waals surface area (Å²) < 4.78 is 12.1. The third kappa shape index (κ3) is 4.57. The summed E-state index contributed by atoms with van der Waals surface area (Å²) in [6.45, 7) is 12.5. The zero-order valence-electron chi connectivity index (χ0n) is 28.6. The van der Waals surface area contributed by atoms with E-state index in [0.29, 0.717) is 31.6 Å². The Morgan fingerprint density at radius 2 is 1.48 bits per heavy atom. The molecule has 16 atom stereocenters. The van der Waals surface area contributed by atoms with Gasteiger partial charge in [-0.3, -0.25) is 0 Å². The number of allylic oxidation sites excluding steroid dienone is 2. The Labute approximate surface area is 273 Å². The van der Waals surface area contributed by atoms with E-state index in [1.54, 1.807) is 0 Å². The molecule has 0 aromatic heterocycles.